The normalized spacial score (nSPS) is 10.8. The highest BCUT2D eigenvalue weighted by molar-refractivity contribution is 6.35. The van der Waals surface area contributed by atoms with Crippen LogP contribution in [0.5, 0.6) is 5.75 Å². The number of rotatable bonds is 4. The fourth-order valence-corrected chi connectivity index (χ4v) is 2.08. The van der Waals surface area contributed by atoms with Gasteiger partial charge >= 0.3 is 0 Å². The lowest BCUT2D eigenvalue weighted by molar-refractivity contribution is 0.287. The van der Waals surface area contributed by atoms with Crippen molar-refractivity contribution in [3.05, 3.63) is 45.9 Å². The van der Waals surface area contributed by atoms with Gasteiger partial charge in [-0.05, 0) is 25.1 Å². The van der Waals surface area contributed by atoms with Crippen LogP contribution in [0.2, 0.25) is 10.0 Å². The first-order valence-electron chi connectivity index (χ1n) is 5.96. The van der Waals surface area contributed by atoms with Crippen molar-refractivity contribution in [1.82, 2.24) is 15.3 Å². The Morgan fingerprint density at radius 2 is 2.00 bits per heavy atom. The summed E-state index contributed by atoms with van der Waals surface area (Å²) in [4.78, 5) is 4.16. The summed E-state index contributed by atoms with van der Waals surface area (Å²) in [6, 6.07) is 6.65. The van der Waals surface area contributed by atoms with Gasteiger partial charge in [-0.25, -0.2) is 0 Å². The maximum absolute atomic E-state index is 6.00. The zero-order chi connectivity index (χ0) is 14.8. The number of halogens is 2. The Bertz CT molecular complexity index is 770. The molecule has 0 spiro atoms. The molecule has 0 bridgehead atoms. The summed E-state index contributed by atoms with van der Waals surface area (Å²) in [6.45, 7) is 1.89. The Kier molecular flexibility index (Phi) is 3.81. The first kappa shape index (κ1) is 13.9. The molecule has 0 aliphatic carbocycles. The first-order chi connectivity index (χ1) is 10.1. The maximum Gasteiger partial charge on any atom is 0.280 e. The average molecular weight is 326 g/mol. The van der Waals surface area contributed by atoms with Gasteiger partial charge in [-0.2, -0.15) is 4.98 Å². The quantitative estimate of drug-likeness (QED) is 0.723. The van der Waals surface area contributed by atoms with Gasteiger partial charge in [-0.3, -0.25) is 0 Å². The monoisotopic (exact) mass is 325 g/mol. The highest BCUT2D eigenvalue weighted by atomic mass is 35.5. The van der Waals surface area contributed by atoms with Gasteiger partial charge in [0.1, 0.15) is 11.5 Å². The van der Waals surface area contributed by atoms with E-state index in [-0.39, 0.29) is 12.5 Å². The molecule has 2 heterocycles. The Morgan fingerprint density at radius 3 is 2.71 bits per heavy atom. The van der Waals surface area contributed by atoms with Crippen LogP contribution in [-0.4, -0.2) is 15.3 Å². The van der Waals surface area contributed by atoms with Crippen molar-refractivity contribution in [2.24, 2.45) is 0 Å². The van der Waals surface area contributed by atoms with Gasteiger partial charge in [-0.15, -0.1) is 0 Å². The number of hydrogen-bond acceptors (Lipinski definition) is 6. The molecule has 1 aromatic carbocycles. The molecule has 2 aromatic heterocycles. The van der Waals surface area contributed by atoms with E-state index in [2.05, 4.69) is 15.3 Å². The fraction of sp³-hybridized carbons (Fsp3) is 0.154. The molecule has 0 radical (unpaired) electrons. The fourth-order valence-electron chi connectivity index (χ4n) is 1.62. The van der Waals surface area contributed by atoms with Gasteiger partial charge in [0.05, 0.1) is 5.02 Å². The van der Waals surface area contributed by atoms with E-state index < -0.39 is 0 Å². The predicted octanol–water partition coefficient (Wildman–Crippen LogP) is 3.92. The van der Waals surface area contributed by atoms with E-state index in [9.17, 15) is 0 Å². The SMILES string of the molecule is Cc1cc(-c2nc(COc3ccc(Cl)cc3Cl)no2)no1. The molecule has 0 unspecified atom stereocenters. The molecule has 0 saturated carbocycles. The van der Waals surface area contributed by atoms with Crippen LogP contribution in [0, 0.1) is 6.92 Å². The van der Waals surface area contributed by atoms with Gasteiger partial charge in [0.2, 0.25) is 5.82 Å². The molecule has 21 heavy (non-hydrogen) atoms. The predicted molar refractivity (Wildman–Crippen MR) is 75.3 cm³/mol. The van der Waals surface area contributed by atoms with Crippen molar-refractivity contribution in [2.75, 3.05) is 0 Å². The van der Waals surface area contributed by atoms with Crippen molar-refractivity contribution in [1.29, 1.82) is 0 Å². The van der Waals surface area contributed by atoms with Crippen LogP contribution in [-0.2, 0) is 6.61 Å². The largest absolute Gasteiger partial charge is 0.484 e. The number of aromatic nitrogens is 3. The molecule has 0 aliphatic rings. The summed E-state index contributed by atoms with van der Waals surface area (Å²) in [7, 11) is 0. The second kappa shape index (κ2) is 5.75. The summed E-state index contributed by atoms with van der Waals surface area (Å²) < 4.78 is 15.5. The molecule has 0 fully saturated rings. The molecule has 3 rings (SSSR count). The minimum atomic E-state index is 0.113. The van der Waals surface area contributed by atoms with Crippen molar-refractivity contribution in [3.8, 4) is 17.3 Å². The minimum absolute atomic E-state index is 0.113. The van der Waals surface area contributed by atoms with Crippen LogP contribution in [0.15, 0.2) is 33.3 Å². The van der Waals surface area contributed by atoms with E-state index in [1.54, 1.807) is 31.2 Å². The van der Waals surface area contributed by atoms with E-state index in [0.717, 1.165) is 0 Å². The van der Waals surface area contributed by atoms with Crippen molar-refractivity contribution in [3.63, 3.8) is 0 Å². The highest BCUT2D eigenvalue weighted by Crippen LogP contribution is 2.28. The van der Waals surface area contributed by atoms with Crippen LogP contribution in [0.25, 0.3) is 11.6 Å². The van der Waals surface area contributed by atoms with Crippen LogP contribution in [0.1, 0.15) is 11.6 Å². The zero-order valence-corrected chi connectivity index (χ0v) is 12.4. The van der Waals surface area contributed by atoms with Gasteiger partial charge in [0.25, 0.3) is 5.89 Å². The Hall–Kier alpha value is -2.05. The summed E-state index contributed by atoms with van der Waals surface area (Å²) in [5.41, 5.74) is 0.482. The summed E-state index contributed by atoms with van der Waals surface area (Å²) in [5, 5.41) is 8.55. The van der Waals surface area contributed by atoms with Crippen LogP contribution in [0.3, 0.4) is 0 Å². The second-order valence-corrected chi connectivity index (χ2v) is 5.05. The van der Waals surface area contributed by atoms with Crippen LogP contribution in [0.4, 0.5) is 0 Å². The molecule has 0 saturated heterocycles. The summed E-state index contributed by atoms with van der Waals surface area (Å²) >= 11 is 11.8. The van der Waals surface area contributed by atoms with Gasteiger partial charge in [-0.1, -0.05) is 33.5 Å². The maximum atomic E-state index is 6.00. The summed E-state index contributed by atoms with van der Waals surface area (Å²) in [5.74, 6) is 1.79. The van der Waals surface area contributed by atoms with Gasteiger partial charge < -0.3 is 13.8 Å². The van der Waals surface area contributed by atoms with Gasteiger partial charge in [0, 0.05) is 11.1 Å². The van der Waals surface area contributed by atoms with Crippen LogP contribution < -0.4 is 4.74 Å². The number of hydrogen-bond donors (Lipinski definition) is 0. The zero-order valence-electron chi connectivity index (χ0n) is 10.8. The van der Waals surface area contributed by atoms with E-state index in [0.29, 0.717) is 33.1 Å². The number of ether oxygens (including phenoxy) is 1. The molecule has 0 amide bonds. The topological polar surface area (TPSA) is 74.2 Å². The van der Waals surface area contributed by atoms with E-state index in [1.165, 1.54) is 0 Å². The lowest BCUT2D eigenvalue weighted by Gasteiger charge is -2.05. The molecule has 0 N–H and O–H groups in total. The third kappa shape index (κ3) is 3.17. The molecule has 0 atom stereocenters. The van der Waals surface area contributed by atoms with Gasteiger partial charge in [0.15, 0.2) is 12.3 Å². The highest BCUT2D eigenvalue weighted by Gasteiger charge is 2.13. The molecule has 6 nitrogen and oxygen atoms in total. The Morgan fingerprint density at radius 1 is 1.14 bits per heavy atom. The lowest BCUT2D eigenvalue weighted by Crippen LogP contribution is -1.98. The number of aryl methyl sites for hydroxylation is 1. The van der Waals surface area contributed by atoms with Crippen LogP contribution >= 0.6 is 23.2 Å². The standard InChI is InChI=1S/C13H9Cl2N3O3/c1-7-4-10(17-20-7)13-16-12(18-21-13)6-19-11-3-2-8(14)5-9(11)15/h2-5H,6H2,1H3. The average Bonchev–Trinajstić information content (AvgIpc) is 3.06. The minimum Gasteiger partial charge on any atom is -0.484 e. The second-order valence-electron chi connectivity index (χ2n) is 4.20. The number of benzene rings is 1. The van der Waals surface area contributed by atoms with E-state index in [4.69, 9.17) is 37.0 Å². The third-order valence-corrected chi connectivity index (χ3v) is 3.10. The smallest absolute Gasteiger partial charge is 0.280 e. The molecule has 108 valence electrons. The molecule has 8 heteroatoms. The Labute approximate surface area is 129 Å². The molecule has 0 aliphatic heterocycles. The molecular formula is C13H9Cl2N3O3. The Balaban J connectivity index is 1.70. The van der Waals surface area contributed by atoms with E-state index in [1.807, 2.05) is 0 Å². The van der Waals surface area contributed by atoms with Crippen molar-refractivity contribution in [2.45, 2.75) is 13.5 Å². The number of nitrogens with zero attached hydrogens (tertiary/aromatic N) is 3. The van der Waals surface area contributed by atoms with E-state index >= 15 is 0 Å². The first-order valence-corrected chi connectivity index (χ1v) is 6.71. The third-order valence-electron chi connectivity index (χ3n) is 2.57. The summed E-state index contributed by atoms with van der Waals surface area (Å²) in [6.07, 6.45) is 0. The van der Waals surface area contributed by atoms with Crippen molar-refractivity contribution >= 4 is 23.2 Å². The molecule has 3 aromatic rings. The molecular weight excluding hydrogens is 317 g/mol. The lowest BCUT2D eigenvalue weighted by atomic mass is 10.3. The van der Waals surface area contributed by atoms with Crippen molar-refractivity contribution < 1.29 is 13.8 Å².